The van der Waals surface area contributed by atoms with Gasteiger partial charge in [-0.3, -0.25) is 0 Å². The van der Waals surface area contributed by atoms with Crippen molar-refractivity contribution in [2.75, 3.05) is 0 Å². The Morgan fingerprint density at radius 2 is 1.76 bits per heavy atom. The molecule has 0 aliphatic rings. The highest BCUT2D eigenvalue weighted by atomic mass is 32.2. The summed E-state index contributed by atoms with van der Waals surface area (Å²) in [6.07, 6.45) is 0. The van der Waals surface area contributed by atoms with E-state index in [1.807, 2.05) is 0 Å². The van der Waals surface area contributed by atoms with Gasteiger partial charge in [0.2, 0.25) is 10.0 Å². The van der Waals surface area contributed by atoms with Crippen molar-refractivity contribution in [1.29, 1.82) is 0 Å². The van der Waals surface area contributed by atoms with Crippen molar-refractivity contribution >= 4 is 10.0 Å². The third-order valence-electron chi connectivity index (χ3n) is 3.14. The predicted octanol–water partition coefficient (Wildman–Crippen LogP) is 3.31. The van der Waals surface area contributed by atoms with Crippen LogP contribution in [0.3, 0.4) is 0 Å². The summed E-state index contributed by atoms with van der Waals surface area (Å²) in [6.45, 7) is 3.13. The maximum Gasteiger partial charge on any atom is 0.241 e. The van der Waals surface area contributed by atoms with Gasteiger partial charge in [-0.05, 0) is 43.7 Å². The van der Waals surface area contributed by atoms with Crippen molar-refractivity contribution in [3.63, 3.8) is 0 Å². The van der Waals surface area contributed by atoms with Crippen LogP contribution in [-0.2, 0) is 10.0 Å². The second kappa shape index (κ2) is 5.91. The first-order chi connectivity index (χ1) is 9.81. The lowest BCUT2D eigenvalue weighted by atomic mass is 10.1. The van der Waals surface area contributed by atoms with Crippen LogP contribution < -0.4 is 4.72 Å². The second-order valence-electron chi connectivity index (χ2n) is 4.77. The Balaban J connectivity index is 2.33. The quantitative estimate of drug-likeness (QED) is 0.941. The Kier molecular flexibility index (Phi) is 4.39. The van der Waals surface area contributed by atoms with Crippen molar-refractivity contribution in [3.8, 4) is 0 Å². The van der Waals surface area contributed by atoms with E-state index in [1.165, 1.54) is 13.0 Å². The number of aryl methyl sites for hydroxylation is 1. The molecule has 0 saturated heterocycles. The molecule has 0 aliphatic carbocycles. The smallest absolute Gasteiger partial charge is 0.207 e. The molecule has 0 heterocycles. The monoisotopic (exact) mass is 311 g/mol. The molecule has 0 fully saturated rings. The number of benzene rings is 2. The third-order valence-corrected chi connectivity index (χ3v) is 4.84. The topological polar surface area (TPSA) is 46.2 Å². The van der Waals surface area contributed by atoms with Crippen LogP contribution in [0.5, 0.6) is 0 Å². The highest BCUT2D eigenvalue weighted by Crippen LogP contribution is 2.22. The van der Waals surface area contributed by atoms with Gasteiger partial charge in [-0.25, -0.2) is 21.9 Å². The predicted molar refractivity (Wildman–Crippen MR) is 76.3 cm³/mol. The lowest BCUT2D eigenvalue weighted by Gasteiger charge is -2.16. The molecule has 1 unspecified atom stereocenters. The fraction of sp³-hybridized carbons (Fsp3) is 0.200. The van der Waals surface area contributed by atoms with Crippen molar-refractivity contribution in [2.45, 2.75) is 24.8 Å². The minimum absolute atomic E-state index is 0.0350. The van der Waals surface area contributed by atoms with E-state index in [0.717, 1.165) is 18.2 Å². The molecule has 0 aliphatic heterocycles. The number of rotatable bonds is 4. The van der Waals surface area contributed by atoms with E-state index in [9.17, 15) is 17.2 Å². The summed E-state index contributed by atoms with van der Waals surface area (Å²) in [7, 11) is -3.81. The zero-order chi connectivity index (χ0) is 15.6. The minimum Gasteiger partial charge on any atom is -0.207 e. The maximum absolute atomic E-state index is 13.7. The van der Waals surface area contributed by atoms with Crippen molar-refractivity contribution in [1.82, 2.24) is 4.72 Å². The number of sulfonamides is 1. The summed E-state index contributed by atoms with van der Waals surface area (Å²) in [4.78, 5) is 0.119. The van der Waals surface area contributed by atoms with Gasteiger partial charge in [0.1, 0.15) is 11.6 Å². The van der Waals surface area contributed by atoms with E-state index >= 15 is 0 Å². The Morgan fingerprint density at radius 1 is 1.10 bits per heavy atom. The zero-order valence-corrected chi connectivity index (χ0v) is 12.4. The summed E-state index contributed by atoms with van der Waals surface area (Å²) < 4.78 is 53.8. The SMILES string of the molecule is Cc1ccccc1S(=O)(=O)NC(C)c1cc(F)ccc1F. The molecule has 2 aromatic carbocycles. The van der Waals surface area contributed by atoms with Crippen LogP contribution in [0.25, 0.3) is 0 Å². The van der Waals surface area contributed by atoms with Gasteiger partial charge in [0.05, 0.1) is 4.90 Å². The Morgan fingerprint density at radius 3 is 2.43 bits per heavy atom. The van der Waals surface area contributed by atoms with E-state index in [1.54, 1.807) is 25.1 Å². The zero-order valence-electron chi connectivity index (χ0n) is 11.6. The molecular weight excluding hydrogens is 296 g/mol. The standard InChI is InChI=1S/C15H15F2NO2S/c1-10-5-3-4-6-15(10)21(19,20)18-11(2)13-9-12(16)7-8-14(13)17/h3-9,11,18H,1-2H3. The van der Waals surface area contributed by atoms with Crippen LogP contribution >= 0.6 is 0 Å². The molecular formula is C15H15F2NO2S. The first kappa shape index (κ1) is 15.6. The second-order valence-corrected chi connectivity index (χ2v) is 6.46. The van der Waals surface area contributed by atoms with Gasteiger partial charge in [-0.1, -0.05) is 18.2 Å². The van der Waals surface area contributed by atoms with Gasteiger partial charge in [0.25, 0.3) is 0 Å². The molecule has 1 atom stereocenters. The first-order valence-corrected chi connectivity index (χ1v) is 7.82. The lowest BCUT2D eigenvalue weighted by molar-refractivity contribution is 0.541. The summed E-state index contributed by atoms with van der Waals surface area (Å²) in [6, 6.07) is 8.53. The van der Waals surface area contributed by atoms with Gasteiger partial charge >= 0.3 is 0 Å². The number of hydrogen-bond donors (Lipinski definition) is 1. The first-order valence-electron chi connectivity index (χ1n) is 6.34. The number of hydrogen-bond acceptors (Lipinski definition) is 2. The Hall–Kier alpha value is -1.79. The van der Waals surface area contributed by atoms with Gasteiger partial charge in [-0.2, -0.15) is 0 Å². The van der Waals surface area contributed by atoms with Crippen molar-refractivity contribution in [2.24, 2.45) is 0 Å². The molecule has 112 valence electrons. The average molecular weight is 311 g/mol. The molecule has 2 aromatic rings. The van der Waals surface area contributed by atoms with Crippen LogP contribution in [0.15, 0.2) is 47.4 Å². The van der Waals surface area contributed by atoms with E-state index in [0.29, 0.717) is 5.56 Å². The molecule has 21 heavy (non-hydrogen) atoms. The largest absolute Gasteiger partial charge is 0.241 e. The molecule has 0 amide bonds. The van der Waals surface area contributed by atoms with E-state index in [-0.39, 0.29) is 10.5 Å². The fourth-order valence-electron chi connectivity index (χ4n) is 2.06. The highest BCUT2D eigenvalue weighted by Gasteiger charge is 2.21. The molecule has 1 N–H and O–H groups in total. The number of halogens is 2. The van der Waals surface area contributed by atoms with Gasteiger partial charge in [-0.15, -0.1) is 0 Å². The van der Waals surface area contributed by atoms with Gasteiger partial charge in [0.15, 0.2) is 0 Å². The van der Waals surface area contributed by atoms with Crippen LogP contribution in [0.2, 0.25) is 0 Å². The Bertz CT molecular complexity index is 760. The molecule has 0 saturated carbocycles. The molecule has 0 aromatic heterocycles. The van der Waals surface area contributed by atoms with Crippen LogP contribution in [0, 0.1) is 18.6 Å². The molecule has 0 radical (unpaired) electrons. The van der Waals surface area contributed by atoms with Crippen molar-refractivity contribution in [3.05, 3.63) is 65.2 Å². The van der Waals surface area contributed by atoms with Crippen LogP contribution in [0.4, 0.5) is 8.78 Å². The maximum atomic E-state index is 13.7. The molecule has 6 heteroatoms. The normalized spacial score (nSPS) is 13.1. The van der Waals surface area contributed by atoms with E-state index in [4.69, 9.17) is 0 Å². The molecule has 0 spiro atoms. The van der Waals surface area contributed by atoms with Gasteiger partial charge in [0, 0.05) is 11.6 Å². The summed E-state index contributed by atoms with van der Waals surface area (Å²) in [5, 5.41) is 0. The molecule has 2 rings (SSSR count). The number of nitrogens with one attached hydrogen (secondary N) is 1. The summed E-state index contributed by atoms with van der Waals surface area (Å²) >= 11 is 0. The summed E-state index contributed by atoms with van der Waals surface area (Å²) in [5.41, 5.74) is 0.545. The third kappa shape index (κ3) is 3.46. The van der Waals surface area contributed by atoms with E-state index in [2.05, 4.69) is 4.72 Å². The van der Waals surface area contributed by atoms with E-state index < -0.39 is 27.7 Å². The van der Waals surface area contributed by atoms with Gasteiger partial charge < -0.3 is 0 Å². The average Bonchev–Trinajstić information content (AvgIpc) is 2.41. The lowest BCUT2D eigenvalue weighted by Crippen LogP contribution is -2.28. The van der Waals surface area contributed by atoms with Crippen LogP contribution in [-0.4, -0.2) is 8.42 Å². The molecule has 3 nitrogen and oxygen atoms in total. The summed E-state index contributed by atoms with van der Waals surface area (Å²) in [5.74, 6) is -1.27. The van der Waals surface area contributed by atoms with Crippen molar-refractivity contribution < 1.29 is 17.2 Å². The van der Waals surface area contributed by atoms with Crippen LogP contribution in [0.1, 0.15) is 24.1 Å². The molecule has 0 bridgehead atoms. The fourth-order valence-corrected chi connectivity index (χ4v) is 3.53. The Labute approximate surface area is 122 Å². The highest BCUT2D eigenvalue weighted by molar-refractivity contribution is 7.89. The minimum atomic E-state index is -3.81.